The molecular formula is C39H43N7O9. The maximum Gasteiger partial charge on any atom is 0.306 e. The highest BCUT2D eigenvalue weighted by Crippen LogP contribution is 2.43. The number of guanidine groups is 1. The van der Waals surface area contributed by atoms with Gasteiger partial charge in [-0.15, -0.1) is 0 Å². The van der Waals surface area contributed by atoms with Gasteiger partial charge in [0.1, 0.15) is 35.1 Å². The number of benzene rings is 3. The van der Waals surface area contributed by atoms with Crippen molar-refractivity contribution in [2.24, 2.45) is 4.99 Å². The van der Waals surface area contributed by atoms with Crippen molar-refractivity contribution in [1.29, 1.82) is 0 Å². The Labute approximate surface area is 316 Å². The third-order valence-corrected chi connectivity index (χ3v) is 9.30. The van der Waals surface area contributed by atoms with Crippen LogP contribution < -0.4 is 25.7 Å². The number of anilines is 1. The molecular weight excluding hydrogens is 710 g/mol. The zero-order valence-corrected chi connectivity index (χ0v) is 31.0. The molecule has 16 heteroatoms. The van der Waals surface area contributed by atoms with Gasteiger partial charge in [-0.25, -0.2) is 4.98 Å². The minimum absolute atomic E-state index is 0.0161. The van der Waals surface area contributed by atoms with Crippen LogP contribution in [0.25, 0.3) is 11.2 Å². The summed E-state index contributed by atoms with van der Waals surface area (Å²) in [6.07, 6.45) is -3.98. The number of fused-ring (bicyclic) bond motifs is 1. The zero-order chi connectivity index (χ0) is 39.1. The number of methoxy groups -OCH3 is 2. The minimum atomic E-state index is -1.48. The van der Waals surface area contributed by atoms with Crippen molar-refractivity contribution < 1.29 is 38.4 Å². The topological polar surface area (TPSA) is 201 Å². The van der Waals surface area contributed by atoms with E-state index in [1.54, 1.807) is 28.3 Å². The molecule has 1 saturated heterocycles. The molecule has 2 aromatic heterocycles. The quantitative estimate of drug-likeness (QED) is 0.0558. The largest absolute Gasteiger partial charge is 0.497 e. The van der Waals surface area contributed by atoms with E-state index in [4.69, 9.17) is 23.7 Å². The smallest absolute Gasteiger partial charge is 0.306 e. The lowest BCUT2D eigenvalue weighted by molar-refractivity contribution is -0.159. The van der Waals surface area contributed by atoms with E-state index in [2.05, 4.69) is 30.6 Å². The van der Waals surface area contributed by atoms with Crippen LogP contribution in [0.4, 0.5) is 5.95 Å². The molecule has 0 bridgehead atoms. The molecule has 0 radical (unpaired) electrons. The number of rotatable bonds is 14. The van der Waals surface area contributed by atoms with Crippen molar-refractivity contribution in [3.63, 3.8) is 0 Å². The first-order valence-electron chi connectivity index (χ1n) is 17.5. The van der Waals surface area contributed by atoms with Crippen LogP contribution in [0.1, 0.15) is 42.7 Å². The first-order valence-corrected chi connectivity index (χ1v) is 17.5. The second kappa shape index (κ2) is 16.9. The first-order chi connectivity index (χ1) is 26.6. The maximum absolute atomic E-state index is 13.1. The number of ether oxygens (including phenoxy) is 5. The van der Waals surface area contributed by atoms with Gasteiger partial charge in [-0.2, -0.15) is 4.98 Å². The van der Waals surface area contributed by atoms with Crippen LogP contribution >= 0.6 is 0 Å². The predicted octanol–water partition coefficient (Wildman–Crippen LogP) is 3.30. The van der Waals surface area contributed by atoms with E-state index in [9.17, 15) is 19.5 Å². The van der Waals surface area contributed by atoms with E-state index in [-0.39, 0.29) is 42.3 Å². The van der Waals surface area contributed by atoms with E-state index >= 15 is 0 Å². The van der Waals surface area contributed by atoms with Gasteiger partial charge in [-0.05, 0) is 47.9 Å². The van der Waals surface area contributed by atoms with Gasteiger partial charge in [0, 0.05) is 20.5 Å². The molecule has 3 aromatic carbocycles. The number of carbonyl (C=O) groups excluding carboxylic acids is 2. The highest BCUT2D eigenvalue weighted by Gasteiger charge is 2.49. The first kappa shape index (κ1) is 38.6. The number of esters is 1. The number of H-pyrrole nitrogens is 1. The van der Waals surface area contributed by atoms with Gasteiger partial charge in [0.25, 0.3) is 5.56 Å². The van der Waals surface area contributed by atoms with E-state index < -0.39 is 41.7 Å². The number of Topliss-reactive ketones (excluding diaryl/α,β-unsaturated/α-hetero) is 1. The summed E-state index contributed by atoms with van der Waals surface area (Å²) in [7, 11) is 6.37. The van der Waals surface area contributed by atoms with Crippen molar-refractivity contribution in [3.8, 4) is 11.5 Å². The number of aliphatic hydroxyl groups excluding tert-OH is 1. The summed E-state index contributed by atoms with van der Waals surface area (Å²) in [5.41, 5.74) is 0.516. The van der Waals surface area contributed by atoms with Crippen LogP contribution in [0.15, 0.2) is 95.0 Å². The third kappa shape index (κ3) is 8.06. The van der Waals surface area contributed by atoms with Gasteiger partial charge >= 0.3 is 5.97 Å². The second-order valence-electron chi connectivity index (χ2n) is 12.7. The lowest BCUT2D eigenvalue weighted by Gasteiger charge is -2.37. The average molecular weight is 754 g/mol. The monoisotopic (exact) mass is 753 g/mol. The molecule has 4 atom stereocenters. The van der Waals surface area contributed by atoms with Gasteiger partial charge in [-0.3, -0.25) is 29.4 Å². The van der Waals surface area contributed by atoms with Gasteiger partial charge in [-0.1, -0.05) is 54.6 Å². The van der Waals surface area contributed by atoms with E-state index in [1.165, 1.54) is 17.8 Å². The molecule has 1 aliphatic rings. The summed E-state index contributed by atoms with van der Waals surface area (Å²) in [5, 5.41) is 17.6. The summed E-state index contributed by atoms with van der Waals surface area (Å²) in [6.45, 7) is 1.17. The fourth-order valence-electron chi connectivity index (χ4n) is 6.51. The molecule has 3 heterocycles. The summed E-state index contributed by atoms with van der Waals surface area (Å²) in [5.74, 6) is 0.778. The molecule has 5 aromatic rings. The summed E-state index contributed by atoms with van der Waals surface area (Å²) in [4.78, 5) is 53.4. The fraction of sp³-hybridized carbons (Fsp3) is 0.333. The molecule has 288 valence electrons. The van der Waals surface area contributed by atoms with Gasteiger partial charge in [0.05, 0.1) is 33.6 Å². The van der Waals surface area contributed by atoms with Crippen LogP contribution in [0.3, 0.4) is 0 Å². The highest BCUT2D eigenvalue weighted by atomic mass is 16.6. The van der Waals surface area contributed by atoms with Gasteiger partial charge < -0.3 is 38.9 Å². The molecule has 55 heavy (non-hydrogen) atoms. The summed E-state index contributed by atoms with van der Waals surface area (Å²) in [6, 6.07) is 24.5. The molecule has 16 nitrogen and oxygen atoms in total. The SMILES string of the molecule is CN=C(NC)Nc1nc2c(ncn2[C@@H]2O[C@H](COC(c3ccccc3)(c3ccc(OC)cc3)c3ccc(OC)cc3)[C@@H](OC(=O)CCC(C)=O)[C@H]2O)c(=O)[nH]1. The Balaban J connectivity index is 1.42. The van der Waals surface area contributed by atoms with E-state index in [0.717, 1.165) is 16.7 Å². The number of ketones is 1. The third-order valence-electron chi connectivity index (χ3n) is 9.30. The molecule has 0 saturated carbocycles. The van der Waals surface area contributed by atoms with Gasteiger partial charge in [0.2, 0.25) is 5.95 Å². The number of carbonyl (C=O) groups is 2. The number of nitrogens with one attached hydrogen (secondary N) is 3. The normalized spacial score (nSPS) is 18.5. The Morgan fingerprint density at radius 3 is 2.15 bits per heavy atom. The number of aromatic amines is 1. The Hall–Kier alpha value is -6.10. The molecule has 4 N–H and O–H groups in total. The second-order valence-corrected chi connectivity index (χ2v) is 12.7. The predicted molar refractivity (Wildman–Crippen MR) is 202 cm³/mol. The van der Waals surface area contributed by atoms with Crippen LogP contribution in [0.2, 0.25) is 0 Å². The highest BCUT2D eigenvalue weighted by molar-refractivity contribution is 5.92. The van der Waals surface area contributed by atoms with Crippen molar-refractivity contribution >= 4 is 34.8 Å². The lowest BCUT2D eigenvalue weighted by Crippen LogP contribution is -2.41. The summed E-state index contributed by atoms with van der Waals surface area (Å²) >= 11 is 0. The standard InChI is InChI=1S/C39H43N7O9/c1-23(47)11-20-30(48)55-33-29(54-36(32(33)49)46-22-42-31-34(46)43-38(44-35(31)50)45-37(40-2)41-3)21-53-39(24-9-7-6-8-10-24,25-12-16-27(51-4)17-13-25)26-14-18-28(52-5)19-15-26/h6-10,12-19,22,29,32-33,36,49H,11,20-21H2,1-5H3,(H3,40,41,43,44,45,50)/t29-,32-,33-,36-/m1/s1. The molecule has 1 aliphatic heterocycles. The number of aliphatic hydroxyl groups is 1. The van der Waals surface area contributed by atoms with Crippen molar-refractivity contribution in [2.45, 2.75) is 49.9 Å². The molecule has 0 unspecified atom stereocenters. The van der Waals surface area contributed by atoms with Crippen LogP contribution in [-0.2, 0) is 29.4 Å². The minimum Gasteiger partial charge on any atom is -0.497 e. The molecule has 6 rings (SSSR count). The zero-order valence-electron chi connectivity index (χ0n) is 31.0. The lowest BCUT2D eigenvalue weighted by atomic mass is 9.80. The molecule has 0 aliphatic carbocycles. The van der Waals surface area contributed by atoms with Gasteiger partial charge in [0.15, 0.2) is 29.5 Å². The van der Waals surface area contributed by atoms with E-state index in [1.807, 2.05) is 78.9 Å². The van der Waals surface area contributed by atoms with Crippen LogP contribution in [0.5, 0.6) is 11.5 Å². The van der Waals surface area contributed by atoms with Crippen LogP contribution in [0, 0.1) is 0 Å². The number of nitrogens with zero attached hydrogens (tertiary/aromatic N) is 4. The fourth-order valence-corrected chi connectivity index (χ4v) is 6.51. The average Bonchev–Trinajstić information content (AvgIpc) is 3.77. The Morgan fingerprint density at radius 2 is 1.58 bits per heavy atom. The van der Waals surface area contributed by atoms with Crippen molar-refractivity contribution in [2.75, 3.05) is 40.2 Å². The number of hydrogen-bond donors (Lipinski definition) is 4. The maximum atomic E-state index is 13.1. The van der Waals surface area contributed by atoms with E-state index in [0.29, 0.717) is 17.5 Å². The Bertz CT molecular complexity index is 2140. The van der Waals surface area contributed by atoms with Crippen molar-refractivity contribution in [3.05, 3.63) is 112 Å². The van der Waals surface area contributed by atoms with Crippen LogP contribution in [-0.4, -0.2) is 95.6 Å². The molecule has 0 amide bonds. The van der Waals surface area contributed by atoms with Crippen molar-refractivity contribution in [1.82, 2.24) is 24.8 Å². The number of hydrogen-bond acceptors (Lipinski definition) is 12. The Morgan fingerprint density at radius 1 is 0.964 bits per heavy atom. The number of aromatic nitrogens is 4. The summed E-state index contributed by atoms with van der Waals surface area (Å²) < 4.78 is 31.7. The number of imidazole rings is 1. The Kier molecular flexibility index (Phi) is 11.9. The molecule has 0 spiro atoms. The molecule has 1 fully saturated rings. The number of aliphatic imine (C=N–C) groups is 1.